The number of nitrogens with zero attached hydrogens (tertiary/aromatic N) is 4. The molecule has 0 spiro atoms. The van der Waals surface area contributed by atoms with E-state index in [0.717, 1.165) is 13.0 Å². The molecule has 0 radical (unpaired) electrons. The van der Waals surface area contributed by atoms with Crippen LogP contribution in [0, 0.1) is 5.82 Å². The maximum atomic E-state index is 13.7. The summed E-state index contributed by atoms with van der Waals surface area (Å²) in [5, 5.41) is 3.32. The maximum absolute atomic E-state index is 13.7. The van der Waals surface area contributed by atoms with E-state index in [-0.39, 0.29) is 54.6 Å². The van der Waals surface area contributed by atoms with Crippen LogP contribution in [0.5, 0.6) is 0 Å². The normalized spacial score (nSPS) is 19.1. The van der Waals surface area contributed by atoms with Crippen LogP contribution in [-0.2, 0) is 22.6 Å². The van der Waals surface area contributed by atoms with E-state index in [4.69, 9.17) is 4.74 Å². The van der Waals surface area contributed by atoms with E-state index in [1.807, 2.05) is 0 Å². The topological polar surface area (TPSA) is 104 Å². The monoisotopic (exact) mass is 525 g/mol. The number of halogens is 1. The summed E-state index contributed by atoms with van der Waals surface area (Å²) >= 11 is 0. The first-order valence-corrected chi connectivity index (χ1v) is 13.1. The number of carbonyl (C=O) groups is 3. The van der Waals surface area contributed by atoms with Gasteiger partial charge < -0.3 is 24.0 Å². The second-order valence-corrected chi connectivity index (χ2v) is 9.86. The van der Waals surface area contributed by atoms with Gasteiger partial charge in [0.25, 0.3) is 11.8 Å². The number of benzene rings is 1. The molecule has 2 aromatic rings. The Kier molecular flexibility index (Phi) is 7.85. The predicted molar refractivity (Wildman–Crippen MR) is 136 cm³/mol. The molecule has 0 aliphatic carbocycles. The van der Waals surface area contributed by atoms with Crippen molar-refractivity contribution >= 4 is 17.7 Å². The third kappa shape index (κ3) is 5.63. The number of hydrogen-bond donors (Lipinski definition) is 1. The number of nitrogens with one attached hydrogen (secondary N) is 1. The summed E-state index contributed by atoms with van der Waals surface area (Å²) in [4.78, 5) is 57.3. The van der Waals surface area contributed by atoms with Crippen molar-refractivity contribution in [2.24, 2.45) is 0 Å². The van der Waals surface area contributed by atoms with Gasteiger partial charge in [0.05, 0.1) is 19.8 Å². The van der Waals surface area contributed by atoms with Gasteiger partial charge in [0, 0.05) is 51.4 Å². The predicted octanol–water partition coefficient (Wildman–Crippen LogP) is 1.04. The molecule has 3 amide bonds. The molecule has 38 heavy (non-hydrogen) atoms. The number of fused-ring (bicyclic) bond motifs is 2. The smallest absolute Gasteiger partial charge is 0.271 e. The van der Waals surface area contributed by atoms with E-state index >= 15 is 0 Å². The van der Waals surface area contributed by atoms with Gasteiger partial charge in [-0.1, -0.05) is 12.1 Å². The van der Waals surface area contributed by atoms with E-state index in [1.54, 1.807) is 26.5 Å². The maximum Gasteiger partial charge on any atom is 0.271 e. The molecule has 0 saturated carbocycles. The van der Waals surface area contributed by atoms with E-state index in [0.29, 0.717) is 51.4 Å². The van der Waals surface area contributed by atoms with Crippen LogP contribution in [0.2, 0.25) is 0 Å². The molecule has 4 heterocycles. The van der Waals surface area contributed by atoms with Crippen molar-refractivity contribution in [2.75, 3.05) is 45.9 Å². The Morgan fingerprint density at radius 3 is 2.63 bits per heavy atom. The molecule has 11 heteroatoms. The summed E-state index contributed by atoms with van der Waals surface area (Å²) in [7, 11) is 0. The zero-order valence-corrected chi connectivity index (χ0v) is 21.2. The lowest BCUT2D eigenvalue weighted by molar-refractivity contribution is -0.135. The summed E-state index contributed by atoms with van der Waals surface area (Å²) in [6, 6.07) is 7.08. The molecule has 3 aliphatic heterocycles. The van der Waals surface area contributed by atoms with Gasteiger partial charge in [0.1, 0.15) is 23.2 Å². The minimum absolute atomic E-state index is 0.000574. The van der Waals surface area contributed by atoms with Crippen LogP contribution in [-0.4, -0.2) is 89.1 Å². The summed E-state index contributed by atoms with van der Waals surface area (Å²) in [6.07, 6.45) is 2.80. The number of rotatable bonds is 7. The highest BCUT2D eigenvalue weighted by Crippen LogP contribution is 2.20. The van der Waals surface area contributed by atoms with Crippen molar-refractivity contribution in [1.29, 1.82) is 0 Å². The third-order valence-corrected chi connectivity index (χ3v) is 7.30. The number of pyridine rings is 1. The van der Waals surface area contributed by atoms with Gasteiger partial charge >= 0.3 is 0 Å². The molecule has 3 aliphatic rings. The molecule has 202 valence electrons. The summed E-state index contributed by atoms with van der Waals surface area (Å²) in [5.41, 5.74) is 0.418. The quantitative estimate of drug-likeness (QED) is 0.580. The van der Waals surface area contributed by atoms with Crippen LogP contribution in [0.25, 0.3) is 0 Å². The molecular formula is C27H32FN5O5. The molecular weight excluding hydrogens is 493 g/mol. The van der Waals surface area contributed by atoms with Gasteiger partial charge in [-0.05, 0) is 37.1 Å². The van der Waals surface area contributed by atoms with Crippen LogP contribution >= 0.6 is 0 Å². The number of aromatic nitrogens is 1. The van der Waals surface area contributed by atoms with Crippen LogP contribution in [0.3, 0.4) is 0 Å². The standard InChI is InChI=1S/C27H32FN5O5/c28-20-6-4-19(5-7-20)16-31(9-1-3-25(35)30-11-13-38-14-12-30)26(36)21-17-32-18-24-29-8-2-10-33(24)27(37)22(32)15-23(21)34/h4-7,15,17,24,29H,1-3,8-14,16,18H2. The third-order valence-electron chi connectivity index (χ3n) is 7.30. The van der Waals surface area contributed by atoms with Crippen LogP contribution in [0.1, 0.15) is 45.7 Å². The highest BCUT2D eigenvalue weighted by molar-refractivity contribution is 5.97. The van der Waals surface area contributed by atoms with Crippen LogP contribution in [0.4, 0.5) is 4.39 Å². The Labute approximate surface area is 219 Å². The average Bonchev–Trinajstić information content (AvgIpc) is 2.94. The van der Waals surface area contributed by atoms with E-state index < -0.39 is 11.3 Å². The Morgan fingerprint density at radius 1 is 1.11 bits per heavy atom. The van der Waals surface area contributed by atoms with Crippen molar-refractivity contribution in [3.8, 4) is 0 Å². The second kappa shape index (κ2) is 11.4. The average molecular weight is 526 g/mol. The van der Waals surface area contributed by atoms with Gasteiger partial charge in [-0.2, -0.15) is 0 Å². The number of morpholine rings is 1. The fraction of sp³-hybridized carbons (Fsp3) is 0.481. The fourth-order valence-electron chi connectivity index (χ4n) is 5.22. The molecule has 2 fully saturated rings. The highest BCUT2D eigenvalue weighted by atomic mass is 19.1. The lowest BCUT2D eigenvalue weighted by Gasteiger charge is -2.41. The number of carbonyl (C=O) groups excluding carboxylic acids is 3. The van der Waals surface area contributed by atoms with E-state index in [1.165, 1.54) is 29.3 Å². The van der Waals surface area contributed by atoms with Crippen molar-refractivity contribution in [3.63, 3.8) is 0 Å². The van der Waals surface area contributed by atoms with Crippen molar-refractivity contribution < 1.29 is 23.5 Å². The zero-order valence-electron chi connectivity index (χ0n) is 21.2. The van der Waals surface area contributed by atoms with Gasteiger partial charge in [-0.25, -0.2) is 4.39 Å². The molecule has 10 nitrogen and oxygen atoms in total. The molecule has 5 rings (SSSR count). The van der Waals surface area contributed by atoms with Gasteiger partial charge in [-0.3, -0.25) is 24.5 Å². The highest BCUT2D eigenvalue weighted by Gasteiger charge is 2.34. The van der Waals surface area contributed by atoms with Crippen molar-refractivity contribution in [3.05, 3.63) is 69.4 Å². The molecule has 1 atom stereocenters. The Hall–Kier alpha value is -3.57. The van der Waals surface area contributed by atoms with Gasteiger partial charge in [0.15, 0.2) is 5.43 Å². The summed E-state index contributed by atoms with van der Waals surface area (Å²) < 4.78 is 20.4. The fourth-order valence-corrected chi connectivity index (χ4v) is 5.22. The SMILES string of the molecule is O=C(CCCN(Cc1ccc(F)cc1)C(=O)c1cn2c(cc1=O)C(=O)N1CCCNC1C2)N1CCOCC1. The number of ether oxygens (including phenoxy) is 1. The second-order valence-electron chi connectivity index (χ2n) is 9.86. The van der Waals surface area contributed by atoms with E-state index in [2.05, 4.69) is 5.32 Å². The van der Waals surface area contributed by atoms with Crippen LogP contribution in [0.15, 0.2) is 41.3 Å². The molecule has 2 saturated heterocycles. The van der Waals surface area contributed by atoms with Crippen molar-refractivity contribution in [1.82, 2.24) is 24.6 Å². The number of hydrogen-bond acceptors (Lipinski definition) is 6. The molecule has 0 bridgehead atoms. The molecule has 1 N–H and O–H groups in total. The lowest BCUT2D eigenvalue weighted by atomic mass is 10.1. The van der Waals surface area contributed by atoms with Crippen LogP contribution < -0.4 is 10.7 Å². The minimum atomic E-state index is -0.522. The molecule has 1 unspecified atom stereocenters. The number of amides is 3. The Bertz CT molecular complexity index is 1260. The lowest BCUT2D eigenvalue weighted by Crippen LogP contribution is -2.59. The first-order valence-electron chi connectivity index (χ1n) is 13.1. The molecule has 1 aromatic heterocycles. The van der Waals surface area contributed by atoms with Gasteiger partial charge in [0.2, 0.25) is 5.91 Å². The zero-order chi connectivity index (χ0) is 26.6. The first kappa shape index (κ1) is 26.1. The minimum Gasteiger partial charge on any atom is -0.378 e. The summed E-state index contributed by atoms with van der Waals surface area (Å²) in [6.45, 7) is 4.38. The Balaban J connectivity index is 1.35. The molecule has 1 aromatic carbocycles. The van der Waals surface area contributed by atoms with Crippen molar-refractivity contribution in [2.45, 2.75) is 38.5 Å². The largest absolute Gasteiger partial charge is 0.378 e. The first-order chi connectivity index (χ1) is 18.4. The van der Waals surface area contributed by atoms with Gasteiger partial charge in [-0.15, -0.1) is 0 Å². The van der Waals surface area contributed by atoms with E-state index in [9.17, 15) is 23.6 Å². The summed E-state index contributed by atoms with van der Waals surface area (Å²) in [5.74, 6) is -1.10. The Morgan fingerprint density at radius 2 is 1.87 bits per heavy atom.